The van der Waals surface area contributed by atoms with E-state index >= 15 is 0 Å². The van der Waals surface area contributed by atoms with E-state index in [1.165, 1.54) is 93.7 Å². The maximum absolute atomic E-state index is 2.61. The monoisotopic (exact) mass is 645 g/mol. The lowest BCUT2D eigenvalue weighted by Crippen LogP contribution is -2.55. The van der Waals surface area contributed by atoms with Crippen molar-refractivity contribution in [3.63, 3.8) is 0 Å². The molecule has 6 aliphatic carbocycles. The van der Waals surface area contributed by atoms with Gasteiger partial charge in [0.05, 0.1) is 0 Å². The predicted octanol–water partition coefficient (Wildman–Crippen LogP) is 12.9. The summed E-state index contributed by atoms with van der Waals surface area (Å²) in [7, 11) is 0. The van der Waals surface area contributed by atoms with Crippen molar-refractivity contribution in [1.29, 1.82) is 0 Å². The van der Waals surface area contributed by atoms with Crippen molar-refractivity contribution in [3.8, 4) is 33.4 Å². The summed E-state index contributed by atoms with van der Waals surface area (Å²) in [5.41, 5.74) is 18.1. The molecule has 6 aromatic carbocycles. The molecule has 244 valence electrons. The normalized spacial score (nSPS) is 25.6. The van der Waals surface area contributed by atoms with Crippen molar-refractivity contribution in [2.75, 3.05) is 4.90 Å². The summed E-state index contributed by atoms with van der Waals surface area (Å²) in [6, 6.07) is 53.1. The minimum atomic E-state index is -0.0456. The van der Waals surface area contributed by atoms with E-state index in [-0.39, 0.29) is 10.8 Å². The Morgan fingerprint density at radius 2 is 0.940 bits per heavy atom. The van der Waals surface area contributed by atoms with Gasteiger partial charge >= 0.3 is 0 Å². The minimum Gasteiger partial charge on any atom is -0.310 e. The SMILES string of the molecule is CC1(C)c2ccccc2-c2ccc(N(c3ccccc3)c3ccc(-c4ccc5c(c4)C4(c6ccccc6-5)C5CC6CC(C5)CC4C6)cc3)cc21. The third-order valence-corrected chi connectivity index (χ3v) is 13.9. The summed E-state index contributed by atoms with van der Waals surface area (Å²) in [5.74, 6) is 3.47. The summed E-state index contributed by atoms with van der Waals surface area (Å²) in [5, 5.41) is 0. The second-order valence-corrected chi connectivity index (χ2v) is 16.6. The lowest BCUT2D eigenvalue weighted by Gasteiger charge is -2.61. The van der Waals surface area contributed by atoms with Crippen LogP contribution in [0.5, 0.6) is 0 Å². The van der Waals surface area contributed by atoms with E-state index in [2.05, 4.69) is 158 Å². The quantitative estimate of drug-likeness (QED) is 0.184. The van der Waals surface area contributed by atoms with Crippen LogP contribution in [0, 0.1) is 23.7 Å². The average molecular weight is 646 g/mol. The highest BCUT2D eigenvalue weighted by Gasteiger charge is 2.61. The fourth-order valence-corrected chi connectivity index (χ4v) is 12.0. The fourth-order valence-electron chi connectivity index (χ4n) is 12.0. The molecule has 0 unspecified atom stereocenters. The van der Waals surface area contributed by atoms with Gasteiger partial charge in [0.15, 0.2) is 0 Å². The van der Waals surface area contributed by atoms with E-state index in [9.17, 15) is 0 Å². The highest BCUT2D eigenvalue weighted by atomic mass is 15.1. The zero-order valence-electron chi connectivity index (χ0n) is 29.1. The molecule has 1 nitrogen and oxygen atoms in total. The molecule has 12 rings (SSSR count). The summed E-state index contributed by atoms with van der Waals surface area (Å²) in [4.78, 5) is 2.42. The van der Waals surface area contributed by atoms with Gasteiger partial charge in [0.25, 0.3) is 0 Å². The Kier molecular flexibility index (Phi) is 5.97. The first-order chi connectivity index (χ1) is 24.5. The molecule has 0 heterocycles. The maximum atomic E-state index is 2.61. The van der Waals surface area contributed by atoms with Crippen molar-refractivity contribution >= 4 is 17.1 Å². The highest BCUT2D eigenvalue weighted by molar-refractivity contribution is 5.87. The van der Waals surface area contributed by atoms with Crippen LogP contribution in [-0.4, -0.2) is 0 Å². The van der Waals surface area contributed by atoms with Crippen LogP contribution in [-0.2, 0) is 10.8 Å². The molecule has 4 fully saturated rings. The van der Waals surface area contributed by atoms with Gasteiger partial charge in [-0.3, -0.25) is 0 Å². The van der Waals surface area contributed by atoms with Crippen molar-refractivity contribution in [1.82, 2.24) is 0 Å². The number of rotatable bonds is 4. The van der Waals surface area contributed by atoms with Crippen molar-refractivity contribution < 1.29 is 0 Å². The Labute approximate surface area is 296 Å². The molecule has 6 aliphatic rings. The minimum absolute atomic E-state index is 0.0456. The molecule has 0 N–H and O–H groups in total. The van der Waals surface area contributed by atoms with E-state index in [4.69, 9.17) is 0 Å². The van der Waals surface area contributed by atoms with Crippen molar-refractivity contribution in [3.05, 3.63) is 162 Å². The van der Waals surface area contributed by atoms with Crippen LogP contribution in [0.15, 0.2) is 140 Å². The highest BCUT2D eigenvalue weighted by Crippen LogP contribution is 2.69. The number of anilines is 3. The summed E-state index contributed by atoms with van der Waals surface area (Å²) in [6.45, 7) is 4.73. The first-order valence-electron chi connectivity index (χ1n) is 18.9. The number of hydrogen-bond donors (Lipinski definition) is 0. The van der Waals surface area contributed by atoms with Crippen LogP contribution in [0.2, 0.25) is 0 Å². The molecular weight excluding hydrogens is 603 g/mol. The molecule has 0 saturated heterocycles. The molecule has 0 radical (unpaired) electrons. The van der Waals surface area contributed by atoms with Gasteiger partial charge in [-0.1, -0.05) is 111 Å². The molecule has 0 amide bonds. The van der Waals surface area contributed by atoms with Gasteiger partial charge in [-0.05, 0) is 154 Å². The van der Waals surface area contributed by atoms with E-state index in [1.54, 1.807) is 11.1 Å². The van der Waals surface area contributed by atoms with Crippen molar-refractivity contribution in [2.24, 2.45) is 23.7 Å². The Balaban J connectivity index is 0.997. The van der Waals surface area contributed by atoms with Crippen molar-refractivity contribution in [2.45, 2.75) is 56.8 Å². The Morgan fingerprint density at radius 1 is 0.420 bits per heavy atom. The summed E-state index contributed by atoms with van der Waals surface area (Å²) in [6.07, 6.45) is 7.16. The lowest BCUT2D eigenvalue weighted by atomic mass is 9.43. The first-order valence-corrected chi connectivity index (χ1v) is 18.9. The Hall–Kier alpha value is -4.88. The third-order valence-electron chi connectivity index (χ3n) is 13.9. The van der Waals surface area contributed by atoms with E-state index in [1.807, 2.05) is 0 Å². The van der Waals surface area contributed by atoms with Gasteiger partial charge in [0, 0.05) is 27.9 Å². The number of para-hydroxylation sites is 1. The molecule has 50 heavy (non-hydrogen) atoms. The smallest absolute Gasteiger partial charge is 0.0465 e. The van der Waals surface area contributed by atoms with E-state index in [0.717, 1.165) is 23.7 Å². The van der Waals surface area contributed by atoms with Crippen LogP contribution in [0.4, 0.5) is 17.1 Å². The standard InChI is InChI=1S/C49H43N/c1-48(2)44-14-8-6-12-40(44)42-23-21-39(30-46(42)48)50(37-10-4-3-5-11-37)38-19-16-33(17-20-38)34-18-22-43-41-13-7-9-15-45(41)49(47(43)29-34)35-25-31-24-32(27-35)28-36(49)26-31/h3-23,29-32,35-36H,24-28H2,1-2H3. The molecule has 4 bridgehead atoms. The third kappa shape index (κ3) is 3.84. The molecule has 1 heteroatoms. The number of hydrogen-bond acceptors (Lipinski definition) is 1. The van der Waals surface area contributed by atoms with Gasteiger partial charge in [0.2, 0.25) is 0 Å². The summed E-state index contributed by atoms with van der Waals surface area (Å²) >= 11 is 0. The lowest BCUT2D eigenvalue weighted by molar-refractivity contribution is -0.0399. The fraction of sp³-hybridized carbons (Fsp3) is 0.265. The van der Waals surface area contributed by atoms with Gasteiger partial charge in [-0.15, -0.1) is 0 Å². The maximum Gasteiger partial charge on any atom is 0.0465 e. The number of benzene rings is 6. The zero-order valence-corrected chi connectivity index (χ0v) is 29.1. The molecular formula is C49H43N. The molecule has 0 aliphatic heterocycles. The Morgan fingerprint density at radius 3 is 1.66 bits per heavy atom. The molecule has 0 atom stereocenters. The van der Waals surface area contributed by atoms with Gasteiger partial charge in [0.1, 0.15) is 0 Å². The first kappa shape index (κ1) is 28.9. The second kappa shape index (κ2) is 10.3. The van der Waals surface area contributed by atoms with Crippen LogP contribution in [0.3, 0.4) is 0 Å². The van der Waals surface area contributed by atoms with E-state index in [0.29, 0.717) is 0 Å². The zero-order chi connectivity index (χ0) is 33.2. The van der Waals surface area contributed by atoms with Crippen LogP contribution >= 0.6 is 0 Å². The average Bonchev–Trinajstić information content (AvgIpc) is 3.57. The van der Waals surface area contributed by atoms with Crippen LogP contribution in [0.25, 0.3) is 33.4 Å². The molecule has 0 aromatic heterocycles. The largest absolute Gasteiger partial charge is 0.310 e. The van der Waals surface area contributed by atoms with Crippen LogP contribution < -0.4 is 4.90 Å². The molecule has 4 saturated carbocycles. The second-order valence-electron chi connectivity index (χ2n) is 16.6. The molecule has 1 spiro atoms. The molecule has 6 aromatic rings. The van der Waals surface area contributed by atoms with Gasteiger partial charge in [-0.2, -0.15) is 0 Å². The number of fused-ring (bicyclic) bond motifs is 6. The summed E-state index contributed by atoms with van der Waals surface area (Å²) < 4.78 is 0. The van der Waals surface area contributed by atoms with Gasteiger partial charge in [-0.25, -0.2) is 0 Å². The van der Waals surface area contributed by atoms with Crippen LogP contribution in [0.1, 0.15) is 68.2 Å². The van der Waals surface area contributed by atoms with Gasteiger partial charge < -0.3 is 4.90 Å². The predicted molar refractivity (Wildman–Crippen MR) is 207 cm³/mol. The Bertz CT molecular complexity index is 2280. The van der Waals surface area contributed by atoms with E-state index < -0.39 is 0 Å². The topological polar surface area (TPSA) is 3.24 Å². The number of nitrogens with zero attached hydrogens (tertiary/aromatic N) is 1.